The van der Waals surface area contributed by atoms with Crippen molar-refractivity contribution in [3.8, 4) is 5.75 Å². The molecule has 2 heterocycles. The lowest BCUT2D eigenvalue weighted by molar-refractivity contribution is -0.138. The average molecular weight is 558 g/mol. The molecule has 0 radical (unpaired) electrons. The summed E-state index contributed by atoms with van der Waals surface area (Å²) < 4.78 is 47.2. The Morgan fingerprint density at radius 3 is 2.72 bits per heavy atom. The van der Waals surface area contributed by atoms with Gasteiger partial charge in [-0.15, -0.1) is 11.3 Å². The van der Waals surface area contributed by atoms with Gasteiger partial charge in [-0.1, -0.05) is 37.8 Å². The monoisotopic (exact) mass is 557 g/mol. The lowest BCUT2D eigenvalue weighted by atomic mass is 9.90. The molecule has 0 saturated carbocycles. The first kappa shape index (κ1) is 28.7. The lowest BCUT2D eigenvalue weighted by Gasteiger charge is -2.23. The molecule has 0 spiro atoms. The van der Waals surface area contributed by atoms with Gasteiger partial charge >= 0.3 is 6.18 Å². The van der Waals surface area contributed by atoms with Crippen molar-refractivity contribution in [3.63, 3.8) is 0 Å². The van der Waals surface area contributed by atoms with Gasteiger partial charge in [0.1, 0.15) is 10.8 Å². The fourth-order valence-corrected chi connectivity index (χ4v) is 6.10. The average Bonchev–Trinajstić information content (AvgIpc) is 3.13. The lowest BCUT2D eigenvalue weighted by Crippen LogP contribution is -2.19. The fourth-order valence-electron chi connectivity index (χ4n) is 5.04. The highest BCUT2D eigenvalue weighted by molar-refractivity contribution is 7.18. The number of amides is 1. The zero-order valence-electron chi connectivity index (χ0n) is 22.2. The number of nitrogens with one attached hydrogen (secondary N) is 1. The molecule has 1 aliphatic heterocycles. The fraction of sp³-hybridized carbons (Fsp3) is 0.367. The molecule has 1 aliphatic rings. The predicted molar refractivity (Wildman–Crippen MR) is 151 cm³/mol. The number of nitrogens with two attached hydrogens (primary N) is 1. The second-order valence-electron chi connectivity index (χ2n) is 9.92. The van der Waals surface area contributed by atoms with Gasteiger partial charge in [0.25, 0.3) is 5.91 Å². The summed E-state index contributed by atoms with van der Waals surface area (Å²) in [4.78, 5) is 14.6. The van der Waals surface area contributed by atoms with Crippen molar-refractivity contribution in [1.29, 1.82) is 0 Å². The number of carbonyl (C=O) groups excluding carboxylic acids is 1. The molecule has 3 aromatic rings. The third-order valence-electron chi connectivity index (χ3n) is 7.03. The highest BCUT2D eigenvalue weighted by atomic mass is 32.1. The van der Waals surface area contributed by atoms with E-state index >= 15 is 0 Å². The molecule has 5 nitrogen and oxygen atoms in total. The molecule has 208 valence electrons. The van der Waals surface area contributed by atoms with E-state index in [2.05, 4.69) is 11.9 Å². The van der Waals surface area contributed by atoms with E-state index in [0.717, 1.165) is 55.4 Å². The SMILES string of the molecule is C=CN(c1cc(C[C@H](C)c2ccccc2C(F)(F)F)c(C(N)=O)s1)c1cc(O[C@@H]2CCCNCC2)ccc1C. The van der Waals surface area contributed by atoms with Crippen molar-refractivity contribution in [2.45, 2.75) is 57.7 Å². The zero-order valence-corrected chi connectivity index (χ0v) is 23.0. The number of halogens is 3. The number of anilines is 2. The van der Waals surface area contributed by atoms with E-state index in [4.69, 9.17) is 10.5 Å². The maximum absolute atomic E-state index is 13.6. The van der Waals surface area contributed by atoms with E-state index in [0.29, 0.717) is 15.4 Å². The van der Waals surface area contributed by atoms with Crippen LogP contribution in [0.15, 0.2) is 61.3 Å². The first-order valence-corrected chi connectivity index (χ1v) is 13.9. The summed E-state index contributed by atoms with van der Waals surface area (Å²) >= 11 is 1.20. The van der Waals surface area contributed by atoms with Crippen LogP contribution in [0.25, 0.3) is 0 Å². The van der Waals surface area contributed by atoms with Gasteiger partial charge in [-0.05, 0) is 86.5 Å². The Balaban J connectivity index is 1.64. The molecule has 2 aromatic carbocycles. The van der Waals surface area contributed by atoms with Crippen LogP contribution in [0.1, 0.15) is 64.0 Å². The Hall–Kier alpha value is -3.30. The van der Waals surface area contributed by atoms with Crippen LogP contribution < -0.4 is 20.7 Å². The molecule has 9 heteroatoms. The number of primary amides is 1. The Bertz CT molecular complexity index is 1310. The van der Waals surface area contributed by atoms with Gasteiger partial charge in [0.2, 0.25) is 0 Å². The summed E-state index contributed by atoms with van der Waals surface area (Å²) in [5.74, 6) is -0.357. The molecule has 0 unspecified atom stereocenters. The van der Waals surface area contributed by atoms with Crippen LogP contribution in [0.3, 0.4) is 0 Å². The van der Waals surface area contributed by atoms with Crippen LogP contribution in [0.5, 0.6) is 5.75 Å². The molecular weight excluding hydrogens is 523 g/mol. The molecule has 0 bridgehead atoms. The smallest absolute Gasteiger partial charge is 0.416 e. The van der Waals surface area contributed by atoms with Crippen molar-refractivity contribution in [1.82, 2.24) is 5.32 Å². The summed E-state index contributed by atoms with van der Waals surface area (Å²) in [6.07, 6.45) is 0.517. The topological polar surface area (TPSA) is 67.6 Å². The van der Waals surface area contributed by atoms with Gasteiger partial charge in [0.05, 0.1) is 22.2 Å². The highest BCUT2D eigenvalue weighted by Crippen LogP contribution is 2.41. The van der Waals surface area contributed by atoms with E-state index in [1.807, 2.05) is 36.1 Å². The number of aryl methyl sites for hydroxylation is 1. The quantitative estimate of drug-likeness (QED) is 0.289. The first-order chi connectivity index (χ1) is 18.6. The Labute approximate surface area is 231 Å². The Kier molecular flexibility index (Phi) is 9.02. The maximum atomic E-state index is 13.6. The van der Waals surface area contributed by atoms with E-state index in [1.54, 1.807) is 19.2 Å². The number of alkyl halides is 3. The van der Waals surface area contributed by atoms with Crippen molar-refractivity contribution in [3.05, 3.63) is 88.4 Å². The van der Waals surface area contributed by atoms with Crippen LogP contribution in [0.4, 0.5) is 23.9 Å². The second-order valence-corrected chi connectivity index (χ2v) is 10.9. The largest absolute Gasteiger partial charge is 0.490 e. The highest BCUT2D eigenvalue weighted by Gasteiger charge is 2.34. The normalized spacial score (nSPS) is 16.8. The molecule has 1 saturated heterocycles. The first-order valence-electron chi connectivity index (χ1n) is 13.1. The summed E-state index contributed by atoms with van der Waals surface area (Å²) in [6, 6.07) is 13.3. The zero-order chi connectivity index (χ0) is 28.2. The number of nitrogens with zero attached hydrogens (tertiary/aromatic N) is 1. The molecule has 4 rings (SSSR count). The summed E-state index contributed by atoms with van der Waals surface area (Å²) in [5.41, 5.74) is 7.66. The Morgan fingerprint density at radius 2 is 2.00 bits per heavy atom. The molecule has 3 N–H and O–H groups in total. The van der Waals surface area contributed by atoms with E-state index in [9.17, 15) is 18.0 Å². The molecule has 1 aromatic heterocycles. The van der Waals surface area contributed by atoms with Crippen LogP contribution >= 0.6 is 11.3 Å². The minimum Gasteiger partial charge on any atom is -0.490 e. The standard InChI is InChI=1S/C30H34F3N3O2S/c1-4-36(26-18-23(12-11-19(26)2)38-22-8-7-14-35-15-13-22)27-17-21(28(39-27)29(34)37)16-20(3)24-9-5-6-10-25(24)30(31,32)33/h4-6,9-12,17-18,20,22,35H,1,7-8,13-16H2,2-3H3,(H2,34,37)/t20-,22+/m0/s1. The second kappa shape index (κ2) is 12.3. The number of ether oxygens (including phenoxy) is 1. The minimum atomic E-state index is -4.46. The van der Waals surface area contributed by atoms with Crippen molar-refractivity contribution < 1.29 is 22.7 Å². The van der Waals surface area contributed by atoms with Gasteiger partial charge in [-0.3, -0.25) is 4.79 Å². The third kappa shape index (κ3) is 6.83. The van der Waals surface area contributed by atoms with Gasteiger partial charge in [-0.2, -0.15) is 13.2 Å². The van der Waals surface area contributed by atoms with Crippen molar-refractivity contribution in [2.24, 2.45) is 5.73 Å². The van der Waals surface area contributed by atoms with Crippen molar-refractivity contribution >= 4 is 27.9 Å². The predicted octanol–water partition coefficient (Wildman–Crippen LogP) is 7.32. The number of benzene rings is 2. The molecule has 2 atom stereocenters. The number of rotatable bonds is 9. The van der Waals surface area contributed by atoms with Crippen LogP contribution in [0.2, 0.25) is 0 Å². The molecular formula is C30H34F3N3O2S. The third-order valence-corrected chi connectivity index (χ3v) is 8.22. The minimum absolute atomic E-state index is 0.128. The molecule has 0 aliphatic carbocycles. The van der Waals surface area contributed by atoms with Gasteiger partial charge in [0, 0.05) is 12.3 Å². The number of carbonyl (C=O) groups is 1. The number of thiophene rings is 1. The number of hydrogen-bond donors (Lipinski definition) is 2. The maximum Gasteiger partial charge on any atom is 0.416 e. The van der Waals surface area contributed by atoms with Gasteiger partial charge in [0.15, 0.2) is 0 Å². The van der Waals surface area contributed by atoms with E-state index < -0.39 is 23.6 Å². The van der Waals surface area contributed by atoms with E-state index in [-0.39, 0.29) is 18.1 Å². The Morgan fingerprint density at radius 1 is 1.23 bits per heavy atom. The van der Waals surface area contributed by atoms with Crippen LogP contribution in [-0.2, 0) is 12.6 Å². The van der Waals surface area contributed by atoms with E-state index in [1.165, 1.54) is 23.5 Å². The van der Waals surface area contributed by atoms with Crippen LogP contribution in [-0.4, -0.2) is 25.1 Å². The van der Waals surface area contributed by atoms with Crippen LogP contribution in [0, 0.1) is 6.92 Å². The van der Waals surface area contributed by atoms with Crippen molar-refractivity contribution in [2.75, 3.05) is 18.0 Å². The molecule has 1 fully saturated rings. The molecule has 39 heavy (non-hydrogen) atoms. The van der Waals surface area contributed by atoms with Gasteiger partial charge in [-0.25, -0.2) is 0 Å². The van der Waals surface area contributed by atoms with Gasteiger partial charge < -0.3 is 20.7 Å². The summed E-state index contributed by atoms with van der Waals surface area (Å²) in [6.45, 7) is 9.60. The molecule has 1 amide bonds. The summed E-state index contributed by atoms with van der Waals surface area (Å²) in [7, 11) is 0. The number of hydrogen-bond acceptors (Lipinski definition) is 5. The summed E-state index contributed by atoms with van der Waals surface area (Å²) in [5, 5.41) is 4.09.